The number of likely N-dealkylation sites (tertiary alicyclic amines) is 1. The van der Waals surface area contributed by atoms with Crippen molar-refractivity contribution in [2.24, 2.45) is 23.5 Å². The van der Waals surface area contributed by atoms with E-state index >= 15 is 0 Å². The lowest BCUT2D eigenvalue weighted by atomic mass is 9.96. The second kappa shape index (κ2) is 7.48. The molecule has 2 atom stereocenters. The summed E-state index contributed by atoms with van der Waals surface area (Å²) in [7, 11) is 0. The predicted octanol–water partition coefficient (Wildman–Crippen LogP) is 1.32. The minimum atomic E-state index is -0.760. The van der Waals surface area contributed by atoms with Gasteiger partial charge in [-0.25, -0.2) is 0 Å². The largest absolute Gasteiger partial charge is 0.481 e. The Morgan fingerprint density at radius 1 is 1.42 bits per heavy atom. The number of aliphatic carboxylic acids is 1. The molecule has 110 valence electrons. The lowest BCUT2D eigenvalue weighted by molar-refractivity contribution is -0.137. The number of carbonyl (C=O) groups is 2. The maximum atomic E-state index is 12.3. The van der Waals surface area contributed by atoms with Crippen molar-refractivity contribution in [3.05, 3.63) is 0 Å². The van der Waals surface area contributed by atoms with Gasteiger partial charge in [0.1, 0.15) is 0 Å². The van der Waals surface area contributed by atoms with Crippen molar-refractivity contribution < 1.29 is 14.7 Å². The summed E-state index contributed by atoms with van der Waals surface area (Å²) in [6.07, 6.45) is 2.60. The molecule has 1 aliphatic heterocycles. The number of carbonyl (C=O) groups excluding carboxylic acids is 1. The Balaban J connectivity index is 2.43. The molecule has 3 N–H and O–H groups in total. The van der Waals surface area contributed by atoms with Crippen LogP contribution in [0.1, 0.15) is 39.5 Å². The standard InChI is InChI=1S/C14H26N2O3/c1-10(2)7-12(8-15)14(19)16-6-5-11(9-16)3-4-13(17)18/h10-12H,3-9,15H2,1-2H3,(H,17,18). The van der Waals surface area contributed by atoms with Gasteiger partial charge in [-0.05, 0) is 31.1 Å². The van der Waals surface area contributed by atoms with Gasteiger partial charge in [0.05, 0.1) is 5.92 Å². The van der Waals surface area contributed by atoms with Gasteiger partial charge >= 0.3 is 5.97 Å². The first-order valence-electron chi connectivity index (χ1n) is 7.14. The molecule has 2 unspecified atom stereocenters. The van der Waals surface area contributed by atoms with Crippen LogP contribution in [0, 0.1) is 17.8 Å². The number of carboxylic acids is 1. The highest BCUT2D eigenvalue weighted by molar-refractivity contribution is 5.79. The monoisotopic (exact) mass is 270 g/mol. The summed E-state index contributed by atoms with van der Waals surface area (Å²) in [6.45, 7) is 6.02. The van der Waals surface area contributed by atoms with E-state index in [0.717, 1.165) is 19.4 Å². The molecule has 1 amide bonds. The minimum Gasteiger partial charge on any atom is -0.481 e. The molecular formula is C14H26N2O3. The second-order valence-electron chi connectivity index (χ2n) is 5.93. The predicted molar refractivity (Wildman–Crippen MR) is 73.6 cm³/mol. The smallest absolute Gasteiger partial charge is 0.303 e. The molecule has 0 aromatic heterocycles. The molecule has 0 saturated carbocycles. The number of nitrogens with two attached hydrogens (primary N) is 1. The molecule has 5 heteroatoms. The Morgan fingerprint density at radius 2 is 2.11 bits per heavy atom. The van der Waals surface area contributed by atoms with E-state index in [2.05, 4.69) is 13.8 Å². The molecule has 0 aliphatic carbocycles. The van der Waals surface area contributed by atoms with Gasteiger partial charge < -0.3 is 15.7 Å². The van der Waals surface area contributed by atoms with Crippen molar-refractivity contribution in [2.45, 2.75) is 39.5 Å². The molecule has 0 aromatic rings. The Kier molecular flexibility index (Phi) is 6.28. The number of hydrogen-bond acceptors (Lipinski definition) is 3. The average molecular weight is 270 g/mol. The van der Waals surface area contributed by atoms with E-state index in [-0.39, 0.29) is 18.2 Å². The third-order valence-electron chi connectivity index (χ3n) is 3.75. The van der Waals surface area contributed by atoms with Crippen LogP contribution in [-0.4, -0.2) is 41.5 Å². The zero-order valence-electron chi connectivity index (χ0n) is 12.0. The summed E-state index contributed by atoms with van der Waals surface area (Å²) < 4.78 is 0. The summed E-state index contributed by atoms with van der Waals surface area (Å²) in [5, 5.41) is 8.68. The summed E-state index contributed by atoms with van der Waals surface area (Å²) in [5.41, 5.74) is 5.70. The summed E-state index contributed by atoms with van der Waals surface area (Å²) in [5.74, 6) is 0.0945. The van der Waals surface area contributed by atoms with Gasteiger partial charge in [0.25, 0.3) is 0 Å². The quantitative estimate of drug-likeness (QED) is 0.731. The summed E-state index contributed by atoms with van der Waals surface area (Å²) in [4.78, 5) is 24.7. The lowest BCUT2D eigenvalue weighted by Gasteiger charge is -2.23. The SMILES string of the molecule is CC(C)CC(CN)C(=O)N1CCC(CCC(=O)O)C1. The third kappa shape index (κ3) is 5.19. The van der Waals surface area contributed by atoms with Crippen LogP contribution in [0.4, 0.5) is 0 Å². The van der Waals surface area contributed by atoms with Crippen molar-refractivity contribution in [3.8, 4) is 0 Å². The van der Waals surface area contributed by atoms with E-state index in [9.17, 15) is 9.59 Å². The van der Waals surface area contributed by atoms with Gasteiger partial charge in [-0.3, -0.25) is 9.59 Å². The van der Waals surface area contributed by atoms with Crippen LogP contribution in [0.5, 0.6) is 0 Å². The molecular weight excluding hydrogens is 244 g/mol. The molecule has 19 heavy (non-hydrogen) atoms. The number of hydrogen-bond donors (Lipinski definition) is 2. The van der Waals surface area contributed by atoms with E-state index in [1.807, 2.05) is 4.90 Å². The first-order valence-corrected chi connectivity index (χ1v) is 7.14. The highest BCUT2D eigenvalue weighted by atomic mass is 16.4. The molecule has 5 nitrogen and oxygen atoms in total. The van der Waals surface area contributed by atoms with Crippen LogP contribution in [0.25, 0.3) is 0 Å². The lowest BCUT2D eigenvalue weighted by Crippen LogP contribution is -2.38. The van der Waals surface area contributed by atoms with Crippen LogP contribution in [0.2, 0.25) is 0 Å². The normalized spacial score (nSPS) is 20.8. The van der Waals surface area contributed by atoms with Gasteiger partial charge in [-0.1, -0.05) is 13.8 Å². The first-order chi connectivity index (χ1) is 8.93. The number of amides is 1. The fraction of sp³-hybridized carbons (Fsp3) is 0.857. The molecule has 0 spiro atoms. The van der Waals surface area contributed by atoms with E-state index in [1.54, 1.807) is 0 Å². The minimum absolute atomic E-state index is 0.0850. The molecule has 0 aromatic carbocycles. The maximum Gasteiger partial charge on any atom is 0.303 e. The summed E-state index contributed by atoms with van der Waals surface area (Å²) >= 11 is 0. The van der Waals surface area contributed by atoms with Gasteiger partial charge in [0, 0.05) is 26.1 Å². The topological polar surface area (TPSA) is 83.6 Å². The van der Waals surface area contributed by atoms with Crippen LogP contribution in [-0.2, 0) is 9.59 Å². The molecule has 1 aliphatic rings. The van der Waals surface area contributed by atoms with Crippen LogP contribution in [0.3, 0.4) is 0 Å². The van der Waals surface area contributed by atoms with Gasteiger partial charge in [-0.15, -0.1) is 0 Å². The second-order valence-corrected chi connectivity index (χ2v) is 5.93. The maximum absolute atomic E-state index is 12.3. The average Bonchev–Trinajstić information content (AvgIpc) is 2.81. The Bertz CT molecular complexity index is 318. The van der Waals surface area contributed by atoms with Crippen molar-refractivity contribution in [1.82, 2.24) is 4.90 Å². The Morgan fingerprint density at radius 3 is 2.63 bits per heavy atom. The van der Waals surface area contributed by atoms with E-state index in [4.69, 9.17) is 10.8 Å². The van der Waals surface area contributed by atoms with Crippen LogP contribution in [0.15, 0.2) is 0 Å². The van der Waals surface area contributed by atoms with Crippen molar-refractivity contribution in [3.63, 3.8) is 0 Å². The number of carboxylic acid groups (broad SMARTS) is 1. The molecule has 1 saturated heterocycles. The molecule has 1 rings (SSSR count). The van der Waals surface area contributed by atoms with E-state index in [0.29, 0.717) is 31.3 Å². The van der Waals surface area contributed by atoms with E-state index in [1.165, 1.54) is 0 Å². The van der Waals surface area contributed by atoms with Crippen molar-refractivity contribution in [1.29, 1.82) is 0 Å². The van der Waals surface area contributed by atoms with E-state index < -0.39 is 5.97 Å². The van der Waals surface area contributed by atoms with Crippen molar-refractivity contribution in [2.75, 3.05) is 19.6 Å². The molecule has 0 bridgehead atoms. The third-order valence-corrected chi connectivity index (χ3v) is 3.75. The highest BCUT2D eigenvalue weighted by Gasteiger charge is 2.30. The first kappa shape index (κ1) is 16.0. The zero-order chi connectivity index (χ0) is 14.4. The van der Waals surface area contributed by atoms with Gasteiger partial charge in [0.15, 0.2) is 0 Å². The van der Waals surface area contributed by atoms with Crippen LogP contribution >= 0.6 is 0 Å². The number of nitrogens with zero attached hydrogens (tertiary/aromatic N) is 1. The molecule has 1 fully saturated rings. The fourth-order valence-corrected chi connectivity index (χ4v) is 2.72. The zero-order valence-corrected chi connectivity index (χ0v) is 12.0. The van der Waals surface area contributed by atoms with Crippen LogP contribution < -0.4 is 5.73 Å². The fourth-order valence-electron chi connectivity index (χ4n) is 2.72. The van der Waals surface area contributed by atoms with Gasteiger partial charge in [-0.2, -0.15) is 0 Å². The Hall–Kier alpha value is -1.10. The Labute approximate surface area is 115 Å². The van der Waals surface area contributed by atoms with Crippen molar-refractivity contribution >= 4 is 11.9 Å². The van der Waals surface area contributed by atoms with Gasteiger partial charge in [0.2, 0.25) is 5.91 Å². The molecule has 0 radical (unpaired) electrons. The summed E-state index contributed by atoms with van der Waals surface area (Å²) in [6, 6.07) is 0. The molecule has 1 heterocycles. The number of rotatable bonds is 7. The highest BCUT2D eigenvalue weighted by Crippen LogP contribution is 2.24.